The van der Waals surface area contributed by atoms with Gasteiger partial charge in [-0.3, -0.25) is 9.78 Å². The molecular weight excluding hydrogens is 326 g/mol. The lowest BCUT2D eigenvalue weighted by atomic mass is 10.2. The number of amides is 1. The number of anilines is 3. The van der Waals surface area contributed by atoms with Crippen molar-refractivity contribution in [2.45, 2.75) is 6.92 Å². The van der Waals surface area contributed by atoms with Crippen molar-refractivity contribution in [2.24, 2.45) is 0 Å². The average Bonchev–Trinajstić information content (AvgIpc) is 2.70. The van der Waals surface area contributed by atoms with Gasteiger partial charge in [0.1, 0.15) is 11.4 Å². The fourth-order valence-corrected chi connectivity index (χ4v) is 2.59. The van der Waals surface area contributed by atoms with E-state index in [0.29, 0.717) is 23.7 Å². The van der Waals surface area contributed by atoms with Crippen molar-refractivity contribution in [1.82, 2.24) is 4.98 Å². The molecule has 0 unspecified atom stereocenters. The van der Waals surface area contributed by atoms with E-state index in [2.05, 4.69) is 10.3 Å². The van der Waals surface area contributed by atoms with E-state index in [0.717, 1.165) is 11.4 Å². The highest BCUT2D eigenvalue weighted by atomic mass is 16.5. The van der Waals surface area contributed by atoms with Gasteiger partial charge in [0.25, 0.3) is 5.91 Å². The van der Waals surface area contributed by atoms with Gasteiger partial charge in [0, 0.05) is 24.6 Å². The van der Waals surface area contributed by atoms with Crippen LogP contribution in [0.25, 0.3) is 0 Å². The number of benzene rings is 2. The first kappa shape index (κ1) is 17.5. The van der Waals surface area contributed by atoms with Crippen molar-refractivity contribution in [3.05, 3.63) is 78.6 Å². The smallest absolute Gasteiger partial charge is 0.274 e. The molecule has 5 heteroatoms. The Labute approximate surface area is 153 Å². The highest BCUT2D eigenvalue weighted by Gasteiger charge is 2.13. The molecule has 1 heterocycles. The molecule has 2 aromatic carbocycles. The van der Waals surface area contributed by atoms with Crippen LogP contribution in [0.1, 0.15) is 17.4 Å². The van der Waals surface area contributed by atoms with Crippen LogP contribution in [0.2, 0.25) is 0 Å². The van der Waals surface area contributed by atoms with Crippen molar-refractivity contribution in [3.63, 3.8) is 0 Å². The van der Waals surface area contributed by atoms with Crippen molar-refractivity contribution in [2.75, 3.05) is 23.9 Å². The Morgan fingerprint density at radius 3 is 2.54 bits per heavy atom. The molecule has 0 saturated heterocycles. The fourth-order valence-electron chi connectivity index (χ4n) is 2.59. The van der Waals surface area contributed by atoms with Gasteiger partial charge in [0.05, 0.1) is 12.3 Å². The minimum Gasteiger partial charge on any atom is -0.492 e. The summed E-state index contributed by atoms with van der Waals surface area (Å²) in [7, 11) is 1.96. The molecule has 0 bridgehead atoms. The topological polar surface area (TPSA) is 54.5 Å². The Hall–Kier alpha value is -3.34. The van der Waals surface area contributed by atoms with Gasteiger partial charge in [-0.25, -0.2) is 0 Å². The number of ether oxygens (including phenoxy) is 1. The lowest BCUT2D eigenvalue weighted by Gasteiger charge is -2.19. The highest BCUT2D eigenvalue weighted by molar-refractivity contribution is 6.04. The van der Waals surface area contributed by atoms with E-state index in [1.807, 2.05) is 79.5 Å². The molecule has 1 amide bonds. The third kappa shape index (κ3) is 4.00. The van der Waals surface area contributed by atoms with E-state index in [-0.39, 0.29) is 5.91 Å². The third-order valence-electron chi connectivity index (χ3n) is 3.94. The quantitative estimate of drug-likeness (QED) is 0.713. The molecule has 0 atom stereocenters. The van der Waals surface area contributed by atoms with Crippen molar-refractivity contribution in [1.29, 1.82) is 0 Å². The Kier molecular flexibility index (Phi) is 5.49. The molecule has 0 radical (unpaired) electrons. The van der Waals surface area contributed by atoms with Crippen LogP contribution in [0.15, 0.2) is 72.9 Å². The first-order valence-electron chi connectivity index (χ1n) is 8.47. The zero-order valence-electron chi connectivity index (χ0n) is 14.8. The summed E-state index contributed by atoms with van der Waals surface area (Å²) in [6.07, 6.45) is 1.64. The van der Waals surface area contributed by atoms with Gasteiger partial charge < -0.3 is 15.0 Å². The lowest BCUT2D eigenvalue weighted by Crippen LogP contribution is -2.16. The van der Waals surface area contributed by atoms with Gasteiger partial charge in [-0.2, -0.15) is 0 Å². The van der Waals surface area contributed by atoms with E-state index >= 15 is 0 Å². The number of carbonyl (C=O) groups is 1. The average molecular weight is 347 g/mol. The number of nitrogens with one attached hydrogen (secondary N) is 1. The predicted molar refractivity (Wildman–Crippen MR) is 104 cm³/mol. The number of para-hydroxylation sites is 3. The third-order valence-corrected chi connectivity index (χ3v) is 3.94. The first-order chi connectivity index (χ1) is 12.7. The van der Waals surface area contributed by atoms with Crippen LogP contribution in [0.4, 0.5) is 17.1 Å². The standard InChI is InChI=1S/C21H21N3O2/c1-3-26-20-12-8-7-11-18(20)23-21(25)19-15-17(13-14-22-19)24(2)16-9-5-4-6-10-16/h4-15H,3H2,1-2H3,(H,23,25). The molecule has 0 aliphatic heterocycles. The number of carbonyl (C=O) groups excluding carboxylic acids is 1. The molecule has 0 fully saturated rings. The molecule has 0 spiro atoms. The normalized spacial score (nSPS) is 10.2. The number of nitrogens with zero attached hydrogens (tertiary/aromatic N) is 2. The van der Waals surface area contributed by atoms with Crippen molar-refractivity contribution >= 4 is 23.0 Å². The molecule has 1 aromatic heterocycles. The zero-order valence-corrected chi connectivity index (χ0v) is 14.8. The SMILES string of the molecule is CCOc1ccccc1NC(=O)c1cc(N(C)c2ccccc2)ccn1. The molecular formula is C21H21N3O2. The molecule has 0 aliphatic carbocycles. The van der Waals surface area contributed by atoms with Crippen LogP contribution in [0.5, 0.6) is 5.75 Å². The molecule has 5 nitrogen and oxygen atoms in total. The Morgan fingerprint density at radius 1 is 1.04 bits per heavy atom. The number of rotatable bonds is 6. The predicted octanol–water partition coefficient (Wildman–Crippen LogP) is 4.50. The Morgan fingerprint density at radius 2 is 1.77 bits per heavy atom. The van der Waals surface area contributed by atoms with Gasteiger partial charge in [-0.1, -0.05) is 30.3 Å². The minimum atomic E-state index is -0.277. The minimum absolute atomic E-state index is 0.277. The van der Waals surface area contributed by atoms with Crippen molar-refractivity contribution in [3.8, 4) is 5.75 Å². The maximum Gasteiger partial charge on any atom is 0.274 e. The Balaban J connectivity index is 1.81. The summed E-state index contributed by atoms with van der Waals surface area (Å²) >= 11 is 0. The second kappa shape index (κ2) is 8.16. The summed E-state index contributed by atoms with van der Waals surface area (Å²) < 4.78 is 5.55. The lowest BCUT2D eigenvalue weighted by molar-refractivity contribution is 0.102. The number of aromatic nitrogens is 1. The summed E-state index contributed by atoms with van der Waals surface area (Å²) in [5, 5.41) is 2.87. The van der Waals surface area contributed by atoms with Crippen LogP contribution in [-0.4, -0.2) is 24.5 Å². The van der Waals surface area contributed by atoms with E-state index in [4.69, 9.17) is 4.74 Å². The molecule has 0 aliphatic rings. The summed E-state index contributed by atoms with van der Waals surface area (Å²) in [5.41, 5.74) is 2.89. The number of pyridine rings is 1. The van der Waals surface area contributed by atoms with E-state index in [1.54, 1.807) is 12.3 Å². The first-order valence-corrected chi connectivity index (χ1v) is 8.47. The van der Waals surface area contributed by atoms with Gasteiger partial charge >= 0.3 is 0 Å². The fraction of sp³-hybridized carbons (Fsp3) is 0.143. The summed E-state index contributed by atoms with van der Waals surface area (Å²) in [5.74, 6) is 0.362. The van der Waals surface area contributed by atoms with Crippen LogP contribution >= 0.6 is 0 Å². The molecule has 1 N–H and O–H groups in total. The maximum absolute atomic E-state index is 12.6. The molecule has 0 saturated carbocycles. The van der Waals surface area contributed by atoms with E-state index in [9.17, 15) is 4.79 Å². The van der Waals surface area contributed by atoms with Gasteiger partial charge in [-0.15, -0.1) is 0 Å². The summed E-state index contributed by atoms with van der Waals surface area (Å²) in [6.45, 7) is 2.44. The largest absolute Gasteiger partial charge is 0.492 e. The molecule has 3 aromatic rings. The monoisotopic (exact) mass is 347 g/mol. The van der Waals surface area contributed by atoms with Crippen molar-refractivity contribution < 1.29 is 9.53 Å². The Bertz CT molecular complexity index is 881. The number of hydrogen-bond acceptors (Lipinski definition) is 4. The van der Waals surface area contributed by atoms with Crippen LogP contribution in [0, 0.1) is 0 Å². The highest BCUT2D eigenvalue weighted by Crippen LogP contribution is 2.26. The van der Waals surface area contributed by atoms with Crippen LogP contribution in [-0.2, 0) is 0 Å². The number of hydrogen-bond donors (Lipinski definition) is 1. The van der Waals surface area contributed by atoms with E-state index < -0.39 is 0 Å². The zero-order chi connectivity index (χ0) is 18.4. The van der Waals surface area contributed by atoms with E-state index in [1.165, 1.54) is 0 Å². The van der Waals surface area contributed by atoms with Gasteiger partial charge in [-0.05, 0) is 43.3 Å². The van der Waals surface area contributed by atoms with Gasteiger partial charge in [0.15, 0.2) is 0 Å². The van der Waals surface area contributed by atoms with Gasteiger partial charge in [0.2, 0.25) is 0 Å². The molecule has 132 valence electrons. The summed E-state index contributed by atoms with van der Waals surface area (Å²) in [6, 6.07) is 20.9. The molecule has 3 rings (SSSR count). The van der Waals surface area contributed by atoms with Crippen LogP contribution < -0.4 is 15.0 Å². The second-order valence-corrected chi connectivity index (χ2v) is 5.68. The van der Waals surface area contributed by atoms with Crippen LogP contribution in [0.3, 0.4) is 0 Å². The summed E-state index contributed by atoms with van der Waals surface area (Å²) in [4.78, 5) is 18.8. The maximum atomic E-state index is 12.6. The molecule has 26 heavy (non-hydrogen) atoms. The second-order valence-electron chi connectivity index (χ2n) is 5.68.